The fraction of sp³-hybridized carbons (Fsp3) is 0.0741. The summed E-state index contributed by atoms with van der Waals surface area (Å²) in [4.78, 5) is 35.1. The zero-order chi connectivity index (χ0) is 45.4. The number of aromatic nitrogens is 10. The van der Waals surface area contributed by atoms with Gasteiger partial charge in [-0.15, -0.1) is 35.8 Å². The van der Waals surface area contributed by atoms with Gasteiger partial charge in [-0.2, -0.15) is 60.9 Å². The minimum absolute atomic E-state index is 0. The normalized spacial score (nSPS) is 17.5. The van der Waals surface area contributed by atoms with Crippen molar-refractivity contribution in [1.29, 1.82) is 0 Å². The minimum atomic E-state index is -0.677. The van der Waals surface area contributed by atoms with E-state index in [0.717, 1.165) is 90.5 Å². The van der Waals surface area contributed by atoms with Crippen LogP contribution in [0.1, 0.15) is 44.8 Å². The molecule has 0 N–H and O–H groups in total. The third kappa shape index (κ3) is 6.53. The number of nitrogens with zero attached hydrogens (tertiary/aromatic N) is 14. The van der Waals surface area contributed by atoms with Crippen LogP contribution in [0.2, 0.25) is 0 Å². The van der Waals surface area contributed by atoms with Crippen molar-refractivity contribution in [1.82, 2.24) is 50.3 Å². The van der Waals surface area contributed by atoms with E-state index in [4.69, 9.17) is 0 Å². The van der Waals surface area contributed by atoms with Crippen LogP contribution in [-0.4, -0.2) is 54.2 Å². The van der Waals surface area contributed by atoms with E-state index in [0.29, 0.717) is 0 Å². The molecule has 0 amide bonds. The summed E-state index contributed by atoms with van der Waals surface area (Å²) in [5.74, 6) is 3.15. The number of benzene rings is 4. The quantitative estimate of drug-likeness (QED) is 0.148. The largest absolute Gasteiger partial charge is 0.581 e. The van der Waals surface area contributed by atoms with Crippen molar-refractivity contribution in [3.63, 3.8) is 0 Å². The summed E-state index contributed by atoms with van der Waals surface area (Å²) in [6.07, 6.45) is 17.9. The molecule has 0 saturated carbocycles. The summed E-state index contributed by atoms with van der Waals surface area (Å²) in [6.45, 7) is 3.96. The van der Waals surface area contributed by atoms with Gasteiger partial charge in [0.15, 0.2) is 0 Å². The van der Waals surface area contributed by atoms with E-state index in [-0.39, 0.29) is 42.1 Å². The van der Waals surface area contributed by atoms with Crippen LogP contribution < -0.4 is 29.8 Å². The van der Waals surface area contributed by atoms with Crippen molar-refractivity contribution in [2.24, 2.45) is 0 Å². The van der Waals surface area contributed by atoms with Gasteiger partial charge >= 0.3 is 0 Å². The van der Waals surface area contributed by atoms with E-state index in [9.17, 15) is 0 Å². The third-order valence-electron chi connectivity index (χ3n) is 13.3. The maximum absolute atomic E-state index is 4.57. The topological polar surface area (TPSA) is 144 Å². The minimum Gasteiger partial charge on any atom is -0.581 e. The van der Waals surface area contributed by atoms with Crippen LogP contribution in [0.3, 0.4) is 0 Å². The Morgan fingerprint density at radius 1 is 0.443 bits per heavy atom. The van der Waals surface area contributed by atoms with Crippen molar-refractivity contribution in [3.05, 3.63) is 241 Å². The molecule has 2 aliphatic carbocycles. The second-order valence-electron chi connectivity index (χ2n) is 16.8. The third-order valence-corrected chi connectivity index (χ3v) is 13.3. The number of hydrogen-bond acceptors (Lipinski definition) is 12. The SMILES string of the molecule is CN1[CH-]N(c2[c-]c(C3(c4cc[n-]n4)c4ccccc4-c4ccncc43)ccc2)c2nccnc21.CN1[CH-]N(c2[c-]c(C3(c4cc[n-]n4)c4ccccc4-c4ccncc43)ccc2)c2nccnc21.[Pt].[Pt]. The summed E-state index contributed by atoms with van der Waals surface area (Å²) in [6, 6.07) is 44.8. The molecule has 4 aromatic carbocycles. The zero-order valence-electron chi connectivity index (χ0n) is 37.2. The van der Waals surface area contributed by atoms with E-state index >= 15 is 0 Å². The molecule has 8 heterocycles. The number of hydrogen-bond donors (Lipinski definition) is 0. The Morgan fingerprint density at radius 3 is 1.29 bits per heavy atom. The maximum Gasteiger partial charge on any atom is 0.143 e. The molecule has 2 atom stereocenters. The molecule has 14 rings (SSSR count). The predicted molar refractivity (Wildman–Crippen MR) is 257 cm³/mol. The van der Waals surface area contributed by atoms with E-state index in [1.165, 1.54) is 11.1 Å². The summed E-state index contributed by atoms with van der Waals surface area (Å²) in [5, 5.41) is 17.5. The van der Waals surface area contributed by atoms with Gasteiger partial charge in [0.25, 0.3) is 0 Å². The Labute approximate surface area is 432 Å². The molecule has 0 bridgehead atoms. The Bertz CT molecular complexity index is 3210. The summed E-state index contributed by atoms with van der Waals surface area (Å²) >= 11 is 0. The number of fused-ring (bicyclic) bond motifs is 8. The van der Waals surface area contributed by atoms with Crippen LogP contribution in [0.5, 0.6) is 0 Å². The molecule has 0 spiro atoms. The molecular formula is C54H36N14Pt2-6. The van der Waals surface area contributed by atoms with Gasteiger partial charge in [0.2, 0.25) is 0 Å². The smallest absolute Gasteiger partial charge is 0.143 e. The Morgan fingerprint density at radius 2 is 0.857 bits per heavy atom. The van der Waals surface area contributed by atoms with Crippen molar-refractivity contribution < 1.29 is 42.1 Å². The molecule has 2 unspecified atom stereocenters. The van der Waals surface area contributed by atoms with Gasteiger partial charge in [-0.05, 0) is 70.7 Å². The fourth-order valence-corrected chi connectivity index (χ4v) is 10.5. The maximum atomic E-state index is 4.57. The average molecular weight is 1270 g/mol. The van der Waals surface area contributed by atoms with Crippen molar-refractivity contribution in [3.8, 4) is 22.3 Å². The number of anilines is 6. The fourth-order valence-electron chi connectivity index (χ4n) is 10.5. The van der Waals surface area contributed by atoms with Crippen molar-refractivity contribution >= 4 is 34.6 Å². The van der Waals surface area contributed by atoms with Crippen LogP contribution in [0.25, 0.3) is 22.3 Å². The Kier molecular flexibility index (Phi) is 11.3. The first-order valence-corrected chi connectivity index (χ1v) is 22.0. The molecule has 348 valence electrons. The van der Waals surface area contributed by atoms with Crippen molar-refractivity contribution in [2.45, 2.75) is 10.8 Å². The molecule has 0 saturated heterocycles. The first kappa shape index (κ1) is 44.8. The van der Waals surface area contributed by atoms with E-state index in [2.05, 4.69) is 147 Å². The van der Waals surface area contributed by atoms with Crippen LogP contribution in [-0.2, 0) is 53.0 Å². The van der Waals surface area contributed by atoms with Gasteiger partial charge in [0.1, 0.15) is 23.3 Å². The molecule has 4 aliphatic rings. The molecule has 0 fully saturated rings. The molecule has 16 heteroatoms. The van der Waals surface area contributed by atoms with E-state index < -0.39 is 10.8 Å². The van der Waals surface area contributed by atoms with Crippen molar-refractivity contribution in [2.75, 3.05) is 33.7 Å². The van der Waals surface area contributed by atoms with Crippen LogP contribution in [0.15, 0.2) is 171 Å². The standard InChI is InChI=1S/2C27H18N7.2Pt/c2*1-33-17-34(26-25(33)29-13-14-30-26)19-6-4-5-18(15-19)27(24-10-12-31-32-24)22-8-3-2-7-20(22)21-9-11-28-16-23(21)27;;/h2*2-14,16-17H,1H3;;/q2*-3;;. The molecule has 14 nitrogen and oxygen atoms in total. The average Bonchev–Trinajstić information content (AvgIpc) is 4.28. The predicted octanol–water partition coefficient (Wildman–Crippen LogP) is 8.18. The number of rotatable bonds is 6. The van der Waals surface area contributed by atoms with Crippen LogP contribution >= 0.6 is 0 Å². The van der Waals surface area contributed by atoms with Gasteiger partial charge < -0.3 is 40.0 Å². The zero-order valence-corrected chi connectivity index (χ0v) is 41.8. The molecule has 70 heavy (non-hydrogen) atoms. The monoisotopic (exact) mass is 1270 g/mol. The van der Waals surface area contributed by atoms with Gasteiger partial charge in [-0.3, -0.25) is 9.97 Å². The Hall–Kier alpha value is -7.66. The second kappa shape index (κ2) is 17.7. The van der Waals surface area contributed by atoms with Gasteiger partial charge in [0.05, 0.1) is 10.8 Å². The first-order chi connectivity index (χ1) is 33.6. The summed E-state index contributed by atoms with van der Waals surface area (Å²) in [5.41, 5.74) is 13.1. The molecule has 0 radical (unpaired) electrons. The molecule has 6 aromatic heterocycles. The first-order valence-electron chi connectivity index (χ1n) is 22.0. The second-order valence-corrected chi connectivity index (χ2v) is 16.8. The van der Waals surface area contributed by atoms with Gasteiger partial charge in [-0.25, -0.2) is 19.9 Å². The molecule has 10 aromatic rings. The van der Waals surface area contributed by atoms with Crippen LogP contribution in [0, 0.1) is 25.5 Å². The summed E-state index contributed by atoms with van der Waals surface area (Å²) in [7, 11) is 3.93. The van der Waals surface area contributed by atoms with Crippen LogP contribution in [0.4, 0.5) is 34.6 Å². The Balaban J connectivity index is 0.000000148. The molecular weight excluding hydrogens is 1230 g/mol. The molecule has 2 aliphatic heterocycles. The van der Waals surface area contributed by atoms with E-state index in [1.54, 1.807) is 37.2 Å². The van der Waals surface area contributed by atoms with Gasteiger partial charge in [-0.1, -0.05) is 60.7 Å². The van der Waals surface area contributed by atoms with E-state index in [1.807, 2.05) is 96.1 Å². The summed E-state index contributed by atoms with van der Waals surface area (Å²) < 4.78 is 0. The number of pyridine rings is 2. The van der Waals surface area contributed by atoms with Gasteiger partial charge in [0, 0.05) is 103 Å².